The average molecular weight is 231 g/mol. The lowest BCUT2D eigenvalue weighted by atomic mass is 10.1. The number of nitrogen functional groups attached to an aromatic ring is 1. The Morgan fingerprint density at radius 3 is 2.94 bits per heavy atom. The molecule has 90 valence electrons. The van der Waals surface area contributed by atoms with Crippen LogP contribution in [0.15, 0.2) is 30.5 Å². The summed E-state index contributed by atoms with van der Waals surface area (Å²) in [6.07, 6.45) is 2.91. The second-order valence-corrected chi connectivity index (χ2v) is 3.93. The molecule has 17 heavy (non-hydrogen) atoms. The first kappa shape index (κ1) is 11.5. The Balaban J connectivity index is 2.37. The van der Waals surface area contributed by atoms with Gasteiger partial charge in [-0.15, -0.1) is 0 Å². The molecule has 0 aliphatic heterocycles. The van der Waals surface area contributed by atoms with E-state index in [0.717, 1.165) is 30.0 Å². The van der Waals surface area contributed by atoms with Crippen molar-refractivity contribution in [2.75, 3.05) is 12.8 Å². The second kappa shape index (κ2) is 4.91. The molecule has 2 rings (SSSR count). The largest absolute Gasteiger partial charge is 0.497 e. The smallest absolute Gasteiger partial charge is 0.119 e. The number of aromatic nitrogens is 2. The van der Waals surface area contributed by atoms with Gasteiger partial charge in [-0.3, -0.25) is 4.68 Å². The molecule has 0 spiro atoms. The van der Waals surface area contributed by atoms with Crippen LogP contribution in [0.2, 0.25) is 0 Å². The Kier molecular flexibility index (Phi) is 3.32. The summed E-state index contributed by atoms with van der Waals surface area (Å²) < 4.78 is 7.07. The molecule has 1 aromatic heterocycles. The van der Waals surface area contributed by atoms with E-state index in [1.807, 2.05) is 35.1 Å². The quantitative estimate of drug-likeness (QED) is 0.879. The van der Waals surface area contributed by atoms with Gasteiger partial charge >= 0.3 is 0 Å². The van der Waals surface area contributed by atoms with E-state index >= 15 is 0 Å². The Hall–Kier alpha value is -1.97. The van der Waals surface area contributed by atoms with Crippen LogP contribution in [0.3, 0.4) is 0 Å². The van der Waals surface area contributed by atoms with Gasteiger partial charge in [0.15, 0.2) is 0 Å². The van der Waals surface area contributed by atoms with Crippen molar-refractivity contribution < 1.29 is 4.74 Å². The summed E-state index contributed by atoms with van der Waals surface area (Å²) in [6, 6.07) is 7.77. The molecule has 0 unspecified atom stereocenters. The van der Waals surface area contributed by atoms with Crippen molar-refractivity contribution in [2.24, 2.45) is 0 Å². The highest BCUT2D eigenvalue weighted by Crippen LogP contribution is 2.27. The number of hydrogen-bond acceptors (Lipinski definition) is 3. The fraction of sp³-hybridized carbons (Fsp3) is 0.308. The zero-order valence-corrected chi connectivity index (χ0v) is 10.2. The van der Waals surface area contributed by atoms with Crippen molar-refractivity contribution in [3.63, 3.8) is 0 Å². The summed E-state index contributed by atoms with van der Waals surface area (Å²) in [6.45, 7) is 3.00. The number of methoxy groups -OCH3 is 1. The van der Waals surface area contributed by atoms with Gasteiger partial charge in [0.1, 0.15) is 11.4 Å². The van der Waals surface area contributed by atoms with Crippen LogP contribution in [0.5, 0.6) is 5.75 Å². The van der Waals surface area contributed by atoms with Crippen LogP contribution in [0, 0.1) is 0 Å². The fourth-order valence-corrected chi connectivity index (χ4v) is 1.78. The number of anilines is 1. The first-order valence-electron chi connectivity index (χ1n) is 5.72. The minimum atomic E-state index is 0.701. The van der Waals surface area contributed by atoms with E-state index in [4.69, 9.17) is 10.5 Å². The van der Waals surface area contributed by atoms with Gasteiger partial charge in [0.25, 0.3) is 0 Å². The molecule has 4 nitrogen and oxygen atoms in total. The first-order valence-corrected chi connectivity index (χ1v) is 5.72. The molecule has 0 saturated heterocycles. The normalized spacial score (nSPS) is 10.5. The van der Waals surface area contributed by atoms with Crippen LogP contribution in [0.25, 0.3) is 11.3 Å². The SMILES string of the molecule is CCCn1cc(N)c(-c2cccc(OC)c2)n1. The summed E-state index contributed by atoms with van der Waals surface area (Å²) in [5, 5.41) is 4.48. The molecule has 0 aliphatic rings. The van der Waals surface area contributed by atoms with Crippen molar-refractivity contribution in [3.05, 3.63) is 30.5 Å². The number of hydrogen-bond donors (Lipinski definition) is 1. The molecule has 0 radical (unpaired) electrons. The Morgan fingerprint density at radius 2 is 2.24 bits per heavy atom. The topological polar surface area (TPSA) is 53.1 Å². The summed E-state index contributed by atoms with van der Waals surface area (Å²) in [5.74, 6) is 0.812. The maximum Gasteiger partial charge on any atom is 0.119 e. The molecule has 2 N–H and O–H groups in total. The van der Waals surface area contributed by atoms with Crippen LogP contribution in [0.1, 0.15) is 13.3 Å². The molecule has 4 heteroatoms. The van der Waals surface area contributed by atoms with Crippen molar-refractivity contribution in [1.82, 2.24) is 9.78 Å². The molecular weight excluding hydrogens is 214 g/mol. The molecule has 0 fully saturated rings. The zero-order valence-electron chi connectivity index (χ0n) is 10.2. The van der Waals surface area contributed by atoms with Gasteiger partial charge in [-0.25, -0.2) is 0 Å². The van der Waals surface area contributed by atoms with Crippen LogP contribution >= 0.6 is 0 Å². The van der Waals surface area contributed by atoms with Crippen LogP contribution < -0.4 is 10.5 Å². The molecule has 0 amide bonds. The van der Waals surface area contributed by atoms with Gasteiger partial charge in [0.05, 0.1) is 12.8 Å². The van der Waals surface area contributed by atoms with Gasteiger partial charge in [-0.2, -0.15) is 5.10 Å². The van der Waals surface area contributed by atoms with Crippen molar-refractivity contribution in [2.45, 2.75) is 19.9 Å². The lowest BCUT2D eigenvalue weighted by Gasteiger charge is -2.02. The third kappa shape index (κ3) is 2.41. The number of ether oxygens (including phenoxy) is 1. The highest BCUT2D eigenvalue weighted by atomic mass is 16.5. The lowest BCUT2D eigenvalue weighted by Crippen LogP contribution is -1.96. The molecule has 2 aromatic rings. The number of aryl methyl sites for hydroxylation is 1. The number of nitrogens with zero attached hydrogens (tertiary/aromatic N) is 2. The third-order valence-electron chi connectivity index (χ3n) is 2.59. The first-order chi connectivity index (χ1) is 8.24. The summed E-state index contributed by atoms with van der Waals surface area (Å²) >= 11 is 0. The second-order valence-electron chi connectivity index (χ2n) is 3.93. The van der Waals surface area contributed by atoms with Gasteiger partial charge < -0.3 is 10.5 Å². The standard InChI is InChI=1S/C13H17N3O/c1-3-7-16-9-12(14)13(15-16)10-5-4-6-11(8-10)17-2/h4-6,8-9H,3,7,14H2,1-2H3. The summed E-state index contributed by atoms with van der Waals surface area (Å²) in [5.41, 5.74) is 8.47. The Labute approximate surface area is 101 Å². The van der Waals surface area contributed by atoms with Gasteiger partial charge in [0, 0.05) is 18.3 Å². The van der Waals surface area contributed by atoms with Crippen LogP contribution in [-0.2, 0) is 6.54 Å². The number of benzene rings is 1. The summed E-state index contributed by atoms with van der Waals surface area (Å²) in [4.78, 5) is 0. The molecule has 0 saturated carbocycles. The third-order valence-corrected chi connectivity index (χ3v) is 2.59. The molecule has 1 aromatic carbocycles. The van der Waals surface area contributed by atoms with Crippen molar-refractivity contribution in [3.8, 4) is 17.0 Å². The molecule has 0 atom stereocenters. The van der Waals surface area contributed by atoms with E-state index in [9.17, 15) is 0 Å². The van der Waals surface area contributed by atoms with Gasteiger partial charge in [-0.05, 0) is 18.6 Å². The minimum Gasteiger partial charge on any atom is -0.497 e. The average Bonchev–Trinajstić information content (AvgIpc) is 2.71. The number of nitrogens with two attached hydrogens (primary N) is 1. The highest BCUT2D eigenvalue weighted by Gasteiger charge is 2.08. The van der Waals surface area contributed by atoms with Gasteiger partial charge in [-0.1, -0.05) is 19.1 Å². The highest BCUT2D eigenvalue weighted by molar-refractivity contribution is 5.72. The van der Waals surface area contributed by atoms with E-state index in [1.54, 1.807) is 7.11 Å². The molecular formula is C13H17N3O. The van der Waals surface area contributed by atoms with Gasteiger partial charge in [0.2, 0.25) is 0 Å². The van der Waals surface area contributed by atoms with Crippen molar-refractivity contribution >= 4 is 5.69 Å². The maximum atomic E-state index is 5.97. The van der Waals surface area contributed by atoms with Crippen LogP contribution in [-0.4, -0.2) is 16.9 Å². The number of rotatable bonds is 4. The van der Waals surface area contributed by atoms with Crippen molar-refractivity contribution in [1.29, 1.82) is 0 Å². The maximum absolute atomic E-state index is 5.97. The van der Waals surface area contributed by atoms with E-state index in [2.05, 4.69) is 12.0 Å². The zero-order chi connectivity index (χ0) is 12.3. The monoisotopic (exact) mass is 231 g/mol. The van der Waals surface area contributed by atoms with E-state index < -0.39 is 0 Å². The lowest BCUT2D eigenvalue weighted by molar-refractivity contribution is 0.415. The molecule has 1 heterocycles. The Bertz CT molecular complexity index is 505. The van der Waals surface area contributed by atoms with E-state index in [0.29, 0.717) is 5.69 Å². The minimum absolute atomic E-state index is 0.701. The predicted molar refractivity (Wildman–Crippen MR) is 68.9 cm³/mol. The van der Waals surface area contributed by atoms with E-state index in [-0.39, 0.29) is 0 Å². The predicted octanol–water partition coefficient (Wildman–Crippen LogP) is 2.55. The Morgan fingerprint density at radius 1 is 1.41 bits per heavy atom. The summed E-state index contributed by atoms with van der Waals surface area (Å²) in [7, 11) is 1.65. The fourth-order valence-electron chi connectivity index (χ4n) is 1.78. The molecule has 0 aliphatic carbocycles. The van der Waals surface area contributed by atoms with Crippen LogP contribution in [0.4, 0.5) is 5.69 Å². The van der Waals surface area contributed by atoms with E-state index in [1.165, 1.54) is 0 Å². The molecule has 0 bridgehead atoms.